The smallest absolute Gasteiger partial charge is 0.0702 e. The van der Waals surface area contributed by atoms with Gasteiger partial charge in [-0.15, -0.1) is 0 Å². The van der Waals surface area contributed by atoms with E-state index in [1.165, 1.54) is 22.3 Å². The van der Waals surface area contributed by atoms with E-state index in [9.17, 15) is 0 Å². The number of rotatable bonds is 4. The van der Waals surface area contributed by atoms with Gasteiger partial charge in [-0.3, -0.25) is 4.98 Å². The SMILES string of the molecule is C(=Cc1cc(-c2ccccn2)ccc1-c1ccccc1)c1ccccc1. The monoisotopic (exact) mass is 333 g/mol. The molecule has 0 amide bonds. The molecular formula is C25H19N. The molecule has 0 aliphatic carbocycles. The van der Waals surface area contributed by atoms with Gasteiger partial charge in [0.15, 0.2) is 0 Å². The lowest BCUT2D eigenvalue weighted by atomic mass is 9.95. The number of pyridine rings is 1. The van der Waals surface area contributed by atoms with Crippen LogP contribution in [-0.4, -0.2) is 4.98 Å². The highest BCUT2D eigenvalue weighted by molar-refractivity contribution is 5.83. The lowest BCUT2D eigenvalue weighted by Crippen LogP contribution is -1.87. The standard InChI is InChI=1S/C25H19N/c1-3-9-20(10-4-1)14-15-22-19-23(25-13-7-8-18-26-25)16-17-24(22)21-11-5-2-6-12-21/h1-19H. The Morgan fingerprint density at radius 1 is 0.577 bits per heavy atom. The van der Waals surface area contributed by atoms with Crippen molar-refractivity contribution in [3.8, 4) is 22.4 Å². The lowest BCUT2D eigenvalue weighted by Gasteiger charge is -2.10. The first kappa shape index (κ1) is 16.0. The Balaban J connectivity index is 1.80. The highest BCUT2D eigenvalue weighted by atomic mass is 14.7. The van der Waals surface area contributed by atoms with Crippen LogP contribution in [0, 0.1) is 0 Å². The maximum absolute atomic E-state index is 4.49. The topological polar surface area (TPSA) is 12.9 Å². The molecule has 0 fully saturated rings. The van der Waals surface area contributed by atoms with Gasteiger partial charge in [-0.25, -0.2) is 0 Å². The van der Waals surface area contributed by atoms with E-state index >= 15 is 0 Å². The Morgan fingerprint density at radius 2 is 1.31 bits per heavy atom. The third kappa shape index (κ3) is 3.62. The van der Waals surface area contributed by atoms with Gasteiger partial charge in [0.1, 0.15) is 0 Å². The fourth-order valence-electron chi connectivity index (χ4n) is 3.02. The molecule has 0 N–H and O–H groups in total. The Labute approximate surface area is 154 Å². The van der Waals surface area contributed by atoms with E-state index in [0.29, 0.717) is 0 Å². The first-order valence-corrected chi connectivity index (χ1v) is 8.74. The Hall–Kier alpha value is -3.45. The summed E-state index contributed by atoms with van der Waals surface area (Å²) in [6, 6.07) is 33.4. The molecule has 1 nitrogen and oxygen atoms in total. The first-order chi connectivity index (χ1) is 12.9. The fourth-order valence-corrected chi connectivity index (χ4v) is 3.02. The minimum atomic E-state index is 0.987. The van der Waals surface area contributed by atoms with Gasteiger partial charge in [0.2, 0.25) is 0 Å². The van der Waals surface area contributed by atoms with Crippen LogP contribution in [-0.2, 0) is 0 Å². The molecule has 0 aliphatic heterocycles. The zero-order valence-corrected chi connectivity index (χ0v) is 14.4. The van der Waals surface area contributed by atoms with Crippen LogP contribution in [0.2, 0.25) is 0 Å². The minimum Gasteiger partial charge on any atom is -0.256 e. The lowest BCUT2D eigenvalue weighted by molar-refractivity contribution is 1.33. The Kier molecular flexibility index (Phi) is 4.70. The van der Waals surface area contributed by atoms with Crippen LogP contribution in [0.1, 0.15) is 11.1 Å². The molecule has 0 aliphatic rings. The van der Waals surface area contributed by atoms with Gasteiger partial charge in [0.25, 0.3) is 0 Å². The number of benzene rings is 3. The van der Waals surface area contributed by atoms with E-state index in [1.807, 2.05) is 36.5 Å². The van der Waals surface area contributed by atoms with Gasteiger partial charge in [-0.05, 0) is 40.5 Å². The van der Waals surface area contributed by atoms with Crippen LogP contribution in [0.5, 0.6) is 0 Å². The second-order valence-corrected chi connectivity index (χ2v) is 6.13. The molecule has 0 saturated carbocycles. The zero-order chi connectivity index (χ0) is 17.6. The summed E-state index contributed by atoms with van der Waals surface area (Å²) in [4.78, 5) is 4.49. The zero-order valence-electron chi connectivity index (χ0n) is 14.4. The van der Waals surface area contributed by atoms with Crippen LogP contribution in [0.3, 0.4) is 0 Å². The molecule has 0 saturated heterocycles. The van der Waals surface area contributed by atoms with Crippen LogP contribution >= 0.6 is 0 Å². The summed E-state index contributed by atoms with van der Waals surface area (Å²) in [5.74, 6) is 0. The van der Waals surface area contributed by atoms with Crippen molar-refractivity contribution in [2.45, 2.75) is 0 Å². The van der Waals surface area contributed by atoms with Gasteiger partial charge >= 0.3 is 0 Å². The van der Waals surface area contributed by atoms with Crippen molar-refractivity contribution in [1.29, 1.82) is 0 Å². The summed E-state index contributed by atoms with van der Waals surface area (Å²) >= 11 is 0. The second-order valence-electron chi connectivity index (χ2n) is 6.13. The molecule has 1 heterocycles. The largest absolute Gasteiger partial charge is 0.256 e. The predicted molar refractivity (Wildman–Crippen MR) is 110 cm³/mol. The molecule has 0 radical (unpaired) electrons. The van der Waals surface area contributed by atoms with E-state index in [4.69, 9.17) is 0 Å². The van der Waals surface area contributed by atoms with Gasteiger partial charge in [-0.1, -0.05) is 91.0 Å². The van der Waals surface area contributed by atoms with E-state index < -0.39 is 0 Å². The van der Waals surface area contributed by atoms with Crippen molar-refractivity contribution in [1.82, 2.24) is 4.98 Å². The molecule has 4 aromatic rings. The third-order valence-electron chi connectivity index (χ3n) is 4.35. The second kappa shape index (κ2) is 7.62. The minimum absolute atomic E-state index is 0.987. The number of nitrogens with zero attached hydrogens (tertiary/aromatic N) is 1. The molecule has 0 unspecified atom stereocenters. The molecule has 124 valence electrons. The summed E-state index contributed by atoms with van der Waals surface area (Å²) in [5.41, 5.74) is 6.92. The third-order valence-corrected chi connectivity index (χ3v) is 4.35. The molecule has 26 heavy (non-hydrogen) atoms. The van der Waals surface area contributed by atoms with Crippen LogP contribution < -0.4 is 0 Å². The van der Waals surface area contributed by atoms with Crippen LogP contribution in [0.15, 0.2) is 103 Å². The molecule has 0 bridgehead atoms. The van der Waals surface area contributed by atoms with Crippen molar-refractivity contribution >= 4 is 12.2 Å². The van der Waals surface area contributed by atoms with E-state index in [-0.39, 0.29) is 0 Å². The molecule has 1 heteroatoms. The molecule has 0 spiro atoms. The van der Waals surface area contributed by atoms with Crippen molar-refractivity contribution in [3.63, 3.8) is 0 Å². The fraction of sp³-hybridized carbons (Fsp3) is 0. The molecule has 0 atom stereocenters. The molecule has 4 rings (SSSR count). The van der Waals surface area contributed by atoms with Crippen molar-refractivity contribution in [2.24, 2.45) is 0 Å². The van der Waals surface area contributed by atoms with Gasteiger partial charge in [0.05, 0.1) is 5.69 Å². The average Bonchev–Trinajstić information content (AvgIpc) is 2.74. The summed E-state index contributed by atoms with van der Waals surface area (Å²) in [5, 5.41) is 0. The van der Waals surface area contributed by atoms with E-state index in [1.54, 1.807) is 0 Å². The maximum atomic E-state index is 4.49. The van der Waals surface area contributed by atoms with Gasteiger partial charge < -0.3 is 0 Å². The summed E-state index contributed by atoms with van der Waals surface area (Å²) in [7, 11) is 0. The predicted octanol–water partition coefficient (Wildman–Crippen LogP) is 6.59. The quantitative estimate of drug-likeness (QED) is 0.384. The summed E-state index contributed by atoms with van der Waals surface area (Å²) in [6.07, 6.45) is 6.17. The van der Waals surface area contributed by atoms with Crippen molar-refractivity contribution in [2.75, 3.05) is 0 Å². The van der Waals surface area contributed by atoms with Gasteiger partial charge in [-0.2, -0.15) is 0 Å². The molecule has 3 aromatic carbocycles. The number of hydrogen-bond donors (Lipinski definition) is 0. The van der Waals surface area contributed by atoms with Crippen molar-refractivity contribution < 1.29 is 0 Å². The normalized spacial score (nSPS) is 10.9. The Bertz CT molecular complexity index is 1000. The highest BCUT2D eigenvalue weighted by Crippen LogP contribution is 2.29. The molecular weight excluding hydrogens is 314 g/mol. The summed E-state index contributed by atoms with van der Waals surface area (Å²) in [6.45, 7) is 0. The van der Waals surface area contributed by atoms with Crippen molar-refractivity contribution in [3.05, 3.63) is 114 Å². The maximum Gasteiger partial charge on any atom is 0.0702 e. The number of hydrogen-bond acceptors (Lipinski definition) is 1. The Morgan fingerprint density at radius 3 is 2.04 bits per heavy atom. The highest BCUT2D eigenvalue weighted by Gasteiger charge is 2.06. The van der Waals surface area contributed by atoms with Crippen LogP contribution in [0.25, 0.3) is 34.5 Å². The molecule has 1 aromatic heterocycles. The average molecular weight is 333 g/mol. The van der Waals surface area contributed by atoms with Gasteiger partial charge in [0, 0.05) is 11.8 Å². The first-order valence-electron chi connectivity index (χ1n) is 8.74. The number of aromatic nitrogens is 1. The van der Waals surface area contributed by atoms with E-state index in [2.05, 4.69) is 83.9 Å². The summed E-state index contributed by atoms with van der Waals surface area (Å²) < 4.78 is 0. The van der Waals surface area contributed by atoms with Crippen LogP contribution in [0.4, 0.5) is 0 Å². The van der Waals surface area contributed by atoms with E-state index in [0.717, 1.165) is 11.3 Å².